The lowest BCUT2D eigenvalue weighted by Crippen LogP contribution is -2.05. The monoisotopic (exact) mass is 266 g/mol. The van der Waals surface area contributed by atoms with Gasteiger partial charge in [-0.25, -0.2) is 5.84 Å². The van der Waals surface area contributed by atoms with Crippen molar-refractivity contribution in [3.63, 3.8) is 0 Å². The summed E-state index contributed by atoms with van der Waals surface area (Å²) in [5, 5.41) is 18.0. The molecule has 0 aliphatic heterocycles. The third-order valence-corrected chi connectivity index (χ3v) is 3.12. The third-order valence-electron chi connectivity index (χ3n) is 2.30. The van der Waals surface area contributed by atoms with Crippen molar-refractivity contribution in [2.75, 3.05) is 12.0 Å². The van der Waals surface area contributed by atoms with Gasteiger partial charge in [0, 0.05) is 6.61 Å². The van der Waals surface area contributed by atoms with Crippen LogP contribution in [0.15, 0.2) is 24.3 Å². The van der Waals surface area contributed by atoms with Gasteiger partial charge in [-0.3, -0.25) is 5.43 Å². The molecule has 2 aromatic rings. The van der Waals surface area contributed by atoms with Gasteiger partial charge in [-0.2, -0.15) is 0 Å². The number of aliphatic hydroxyl groups is 1. The maximum atomic E-state index is 8.97. The highest BCUT2D eigenvalue weighted by atomic mass is 32.1. The summed E-state index contributed by atoms with van der Waals surface area (Å²) in [5.41, 5.74) is 3.41. The lowest BCUT2D eigenvalue weighted by Gasteiger charge is -2.08. The minimum atomic E-state index is 0.0976. The van der Waals surface area contributed by atoms with E-state index in [1.54, 1.807) is 0 Å². The molecule has 0 aliphatic carbocycles. The summed E-state index contributed by atoms with van der Waals surface area (Å²) in [4.78, 5) is 0. The first-order valence-electron chi connectivity index (χ1n) is 5.44. The fraction of sp³-hybridized carbons (Fsp3) is 0.273. The zero-order valence-corrected chi connectivity index (χ0v) is 10.5. The number of hydrogen-bond donors (Lipinski definition) is 3. The van der Waals surface area contributed by atoms with Crippen molar-refractivity contribution < 1.29 is 9.84 Å². The van der Waals surface area contributed by atoms with E-state index in [9.17, 15) is 0 Å². The van der Waals surface area contributed by atoms with Gasteiger partial charge in [0.05, 0.1) is 0 Å². The second kappa shape index (κ2) is 6.29. The number of ether oxygens (including phenoxy) is 1. The van der Waals surface area contributed by atoms with Gasteiger partial charge in [0.15, 0.2) is 5.01 Å². The van der Waals surface area contributed by atoms with E-state index in [0.717, 1.165) is 16.3 Å². The van der Waals surface area contributed by atoms with Gasteiger partial charge in [-0.15, -0.1) is 10.2 Å². The molecule has 1 aromatic heterocycles. The second-order valence-corrected chi connectivity index (χ2v) is 4.58. The molecule has 0 unspecified atom stereocenters. The Morgan fingerprint density at radius 1 is 1.33 bits per heavy atom. The Morgan fingerprint density at radius 3 is 2.89 bits per heavy atom. The normalized spacial score (nSPS) is 10.3. The molecule has 1 aromatic carbocycles. The van der Waals surface area contributed by atoms with Gasteiger partial charge < -0.3 is 9.84 Å². The zero-order valence-electron chi connectivity index (χ0n) is 9.67. The number of nitrogens with two attached hydrogens (primary N) is 1. The molecule has 0 radical (unpaired) electrons. The maximum Gasteiger partial charge on any atom is 0.219 e. The van der Waals surface area contributed by atoms with Crippen molar-refractivity contribution in [1.29, 1.82) is 0 Å². The molecule has 4 N–H and O–H groups in total. The average molecular weight is 266 g/mol. The predicted octanol–water partition coefficient (Wildman–Crippen LogP) is 0.937. The first-order chi connectivity index (χ1) is 8.83. The van der Waals surface area contributed by atoms with Crippen LogP contribution in [0.2, 0.25) is 0 Å². The van der Waals surface area contributed by atoms with E-state index in [0.29, 0.717) is 18.2 Å². The third kappa shape index (κ3) is 3.16. The number of nitrogens with zero attached hydrogens (tertiary/aromatic N) is 2. The van der Waals surface area contributed by atoms with E-state index < -0.39 is 0 Å². The number of nitrogens with one attached hydrogen (secondary N) is 1. The molecule has 0 bridgehead atoms. The second-order valence-electron chi connectivity index (χ2n) is 3.52. The van der Waals surface area contributed by atoms with Crippen molar-refractivity contribution in [1.82, 2.24) is 10.2 Å². The Balaban J connectivity index is 2.01. The summed E-state index contributed by atoms with van der Waals surface area (Å²) >= 11 is 1.34. The molecule has 0 amide bonds. The molecular weight excluding hydrogens is 252 g/mol. The van der Waals surface area contributed by atoms with Gasteiger partial charge in [0.2, 0.25) is 5.13 Å². The Bertz CT molecular complexity index is 503. The van der Waals surface area contributed by atoms with Crippen LogP contribution in [-0.2, 0) is 13.0 Å². The molecule has 0 aliphatic rings. The van der Waals surface area contributed by atoms with Crippen LogP contribution in [0.1, 0.15) is 10.6 Å². The largest absolute Gasteiger partial charge is 0.486 e. The van der Waals surface area contributed by atoms with Crippen LogP contribution >= 0.6 is 11.3 Å². The molecule has 2 rings (SSSR count). The lowest BCUT2D eigenvalue weighted by molar-refractivity contribution is 0.283. The molecule has 6 nitrogen and oxygen atoms in total. The molecule has 0 fully saturated rings. The Morgan fingerprint density at radius 2 is 2.17 bits per heavy atom. The Kier molecular flexibility index (Phi) is 4.46. The summed E-state index contributed by atoms with van der Waals surface area (Å²) in [6, 6.07) is 7.61. The number of benzene rings is 1. The number of nitrogen functional groups attached to an aromatic ring is 1. The van der Waals surface area contributed by atoms with E-state index in [1.165, 1.54) is 11.3 Å². The highest BCUT2D eigenvalue weighted by Gasteiger charge is 2.06. The van der Waals surface area contributed by atoms with Crippen molar-refractivity contribution >= 4 is 16.5 Å². The van der Waals surface area contributed by atoms with Gasteiger partial charge in [-0.05, 0) is 18.1 Å². The number of hydrazine groups is 1. The number of aliphatic hydroxyl groups excluding tert-OH is 1. The highest BCUT2D eigenvalue weighted by molar-refractivity contribution is 7.15. The van der Waals surface area contributed by atoms with Crippen LogP contribution in [0, 0.1) is 0 Å². The summed E-state index contributed by atoms with van der Waals surface area (Å²) in [5.74, 6) is 5.98. The number of aromatic nitrogens is 2. The maximum absolute atomic E-state index is 8.97. The molecule has 96 valence electrons. The van der Waals surface area contributed by atoms with Crippen LogP contribution in [0.3, 0.4) is 0 Å². The van der Waals surface area contributed by atoms with Gasteiger partial charge in [-0.1, -0.05) is 29.5 Å². The van der Waals surface area contributed by atoms with Crippen molar-refractivity contribution in [3.05, 3.63) is 34.8 Å². The standard InChI is InChI=1S/C11H14N4O2S/c12-13-11-15-14-10(18-11)7-17-9-4-2-1-3-8(9)5-6-16/h1-4,16H,5-7,12H2,(H,13,15). The van der Waals surface area contributed by atoms with Crippen molar-refractivity contribution in [3.8, 4) is 5.75 Å². The Labute approximate surface area is 108 Å². The molecule has 18 heavy (non-hydrogen) atoms. The van der Waals surface area contributed by atoms with E-state index >= 15 is 0 Å². The van der Waals surface area contributed by atoms with E-state index in [-0.39, 0.29) is 6.61 Å². The average Bonchev–Trinajstić information content (AvgIpc) is 2.86. The van der Waals surface area contributed by atoms with Gasteiger partial charge in [0.1, 0.15) is 12.4 Å². The molecule has 0 saturated heterocycles. The summed E-state index contributed by atoms with van der Waals surface area (Å²) < 4.78 is 5.66. The molecule has 7 heteroatoms. The molecule has 1 heterocycles. The molecular formula is C11H14N4O2S. The van der Waals surface area contributed by atoms with E-state index in [4.69, 9.17) is 15.7 Å². The molecule has 0 spiro atoms. The van der Waals surface area contributed by atoms with Gasteiger partial charge in [0.25, 0.3) is 0 Å². The van der Waals surface area contributed by atoms with Crippen LogP contribution < -0.4 is 16.0 Å². The smallest absolute Gasteiger partial charge is 0.219 e. The number of rotatable bonds is 6. The SMILES string of the molecule is NNc1nnc(COc2ccccc2CCO)s1. The predicted molar refractivity (Wildman–Crippen MR) is 69.3 cm³/mol. The van der Waals surface area contributed by atoms with Crippen LogP contribution in [0.4, 0.5) is 5.13 Å². The zero-order chi connectivity index (χ0) is 12.8. The minimum absolute atomic E-state index is 0.0976. The number of para-hydroxylation sites is 1. The fourth-order valence-electron chi connectivity index (χ4n) is 1.48. The summed E-state index contributed by atoms with van der Waals surface area (Å²) in [7, 11) is 0. The highest BCUT2D eigenvalue weighted by Crippen LogP contribution is 2.21. The first-order valence-corrected chi connectivity index (χ1v) is 6.25. The van der Waals surface area contributed by atoms with Crippen LogP contribution in [0.25, 0.3) is 0 Å². The van der Waals surface area contributed by atoms with Crippen LogP contribution in [0.5, 0.6) is 5.75 Å². The van der Waals surface area contributed by atoms with Crippen LogP contribution in [-0.4, -0.2) is 21.9 Å². The minimum Gasteiger partial charge on any atom is -0.486 e. The Hall–Kier alpha value is -1.70. The summed E-state index contributed by atoms with van der Waals surface area (Å²) in [6.07, 6.45) is 0.571. The number of anilines is 1. The molecule has 0 atom stereocenters. The van der Waals surface area contributed by atoms with E-state index in [1.807, 2.05) is 24.3 Å². The number of hydrogen-bond acceptors (Lipinski definition) is 7. The fourth-order valence-corrected chi connectivity index (χ4v) is 2.04. The van der Waals surface area contributed by atoms with E-state index in [2.05, 4.69) is 15.6 Å². The van der Waals surface area contributed by atoms with Crippen molar-refractivity contribution in [2.45, 2.75) is 13.0 Å². The van der Waals surface area contributed by atoms with Gasteiger partial charge >= 0.3 is 0 Å². The van der Waals surface area contributed by atoms with Crippen molar-refractivity contribution in [2.24, 2.45) is 5.84 Å². The molecule has 0 saturated carbocycles. The quantitative estimate of drug-likeness (QED) is 0.532. The summed E-state index contributed by atoms with van der Waals surface area (Å²) in [6.45, 7) is 0.433. The lowest BCUT2D eigenvalue weighted by atomic mass is 10.1. The first kappa shape index (κ1) is 12.7. The topological polar surface area (TPSA) is 93.3 Å².